The Kier molecular flexibility index (Phi) is 13.9. The van der Waals surface area contributed by atoms with E-state index >= 15 is 0 Å². The molecule has 0 atom stereocenters. The highest BCUT2D eigenvalue weighted by Gasteiger charge is 2.10. The maximum absolute atomic E-state index is 12.3. The van der Waals surface area contributed by atoms with Crippen LogP contribution in [0, 0.1) is 6.92 Å². The molecule has 38 heavy (non-hydrogen) atoms. The van der Waals surface area contributed by atoms with Crippen molar-refractivity contribution in [1.82, 2.24) is 14.6 Å². The van der Waals surface area contributed by atoms with E-state index in [1.165, 1.54) is 64.2 Å². The van der Waals surface area contributed by atoms with E-state index in [1.54, 1.807) is 0 Å². The van der Waals surface area contributed by atoms with Gasteiger partial charge in [0.2, 0.25) is 0 Å². The minimum absolute atomic E-state index is 0.245. The first-order valence-corrected chi connectivity index (χ1v) is 15.1. The third-order valence-corrected chi connectivity index (χ3v) is 7.33. The number of ketones is 1. The molecule has 0 spiro atoms. The molecule has 0 bridgehead atoms. The fourth-order valence-corrected chi connectivity index (χ4v) is 5.04. The van der Waals surface area contributed by atoms with Crippen LogP contribution in [-0.4, -0.2) is 33.5 Å². The van der Waals surface area contributed by atoms with Gasteiger partial charge < -0.3 is 11.1 Å². The van der Waals surface area contributed by atoms with Gasteiger partial charge in [0.05, 0.1) is 11.2 Å². The van der Waals surface area contributed by atoms with Gasteiger partial charge in [0, 0.05) is 24.9 Å². The second-order valence-corrected chi connectivity index (χ2v) is 10.6. The van der Waals surface area contributed by atoms with Crippen LogP contribution in [0.3, 0.4) is 0 Å². The van der Waals surface area contributed by atoms with E-state index < -0.39 is 0 Å². The number of fused-ring (bicyclic) bond motifs is 1. The van der Waals surface area contributed by atoms with Crippen molar-refractivity contribution in [2.75, 3.05) is 18.4 Å². The molecule has 2 heterocycles. The summed E-state index contributed by atoms with van der Waals surface area (Å²) in [5.41, 5.74) is 8.49. The number of rotatable bonds is 21. The number of nitrogens with one attached hydrogen (secondary N) is 1. The van der Waals surface area contributed by atoms with E-state index in [2.05, 4.69) is 24.4 Å². The van der Waals surface area contributed by atoms with Crippen molar-refractivity contribution >= 4 is 17.1 Å². The molecular formula is C32H49N5O. The van der Waals surface area contributed by atoms with Gasteiger partial charge >= 0.3 is 0 Å². The summed E-state index contributed by atoms with van der Waals surface area (Å²) in [7, 11) is 0. The van der Waals surface area contributed by atoms with E-state index in [-0.39, 0.29) is 5.78 Å². The quantitative estimate of drug-likeness (QED) is 0.111. The van der Waals surface area contributed by atoms with Crippen LogP contribution in [0.5, 0.6) is 0 Å². The van der Waals surface area contributed by atoms with Gasteiger partial charge in [-0.05, 0) is 51.3 Å². The molecule has 2 aromatic heterocycles. The molecule has 6 heteroatoms. The van der Waals surface area contributed by atoms with Gasteiger partial charge in [-0.1, -0.05) is 94.5 Å². The summed E-state index contributed by atoms with van der Waals surface area (Å²) in [4.78, 5) is 17.0. The third-order valence-electron chi connectivity index (χ3n) is 7.33. The van der Waals surface area contributed by atoms with Crippen LogP contribution in [0.2, 0.25) is 0 Å². The minimum atomic E-state index is 0.245. The molecule has 0 amide bonds. The number of anilines is 1. The van der Waals surface area contributed by atoms with E-state index in [4.69, 9.17) is 15.8 Å². The first kappa shape index (κ1) is 29.8. The average molecular weight is 520 g/mol. The summed E-state index contributed by atoms with van der Waals surface area (Å²) in [6.07, 6.45) is 18.7. The minimum Gasteiger partial charge on any atom is -0.369 e. The zero-order chi connectivity index (χ0) is 26.8. The monoisotopic (exact) mass is 519 g/mol. The van der Waals surface area contributed by atoms with Gasteiger partial charge in [-0.25, -0.2) is 9.50 Å². The van der Waals surface area contributed by atoms with Crippen molar-refractivity contribution in [3.63, 3.8) is 0 Å². The van der Waals surface area contributed by atoms with Crippen molar-refractivity contribution in [2.24, 2.45) is 5.73 Å². The first-order valence-electron chi connectivity index (χ1n) is 15.1. The van der Waals surface area contributed by atoms with Crippen LogP contribution in [0.1, 0.15) is 118 Å². The molecule has 0 unspecified atom stereocenters. The van der Waals surface area contributed by atoms with Gasteiger partial charge in [0.15, 0.2) is 5.78 Å². The topological polar surface area (TPSA) is 85.3 Å². The van der Waals surface area contributed by atoms with E-state index in [0.717, 1.165) is 73.6 Å². The van der Waals surface area contributed by atoms with E-state index in [0.29, 0.717) is 6.42 Å². The van der Waals surface area contributed by atoms with Gasteiger partial charge in [-0.15, -0.1) is 5.10 Å². The summed E-state index contributed by atoms with van der Waals surface area (Å²) in [6.45, 7) is 3.85. The fourth-order valence-electron chi connectivity index (χ4n) is 5.04. The van der Waals surface area contributed by atoms with E-state index in [9.17, 15) is 4.79 Å². The molecule has 3 aromatic rings. The van der Waals surface area contributed by atoms with Crippen molar-refractivity contribution < 1.29 is 4.79 Å². The number of Topliss-reactive ketones (excluding diaryl/α,β-unsaturated/α-hetero) is 1. The molecule has 0 radical (unpaired) electrons. The molecule has 0 aliphatic rings. The average Bonchev–Trinajstić information content (AvgIpc) is 3.26. The maximum Gasteiger partial charge on any atom is 0.162 e. The predicted molar refractivity (Wildman–Crippen MR) is 159 cm³/mol. The lowest BCUT2D eigenvalue weighted by Crippen LogP contribution is -2.07. The Morgan fingerprint density at radius 1 is 0.789 bits per heavy atom. The number of benzene rings is 1. The van der Waals surface area contributed by atoms with Crippen LogP contribution in [0.15, 0.2) is 42.5 Å². The van der Waals surface area contributed by atoms with Crippen molar-refractivity contribution in [1.29, 1.82) is 0 Å². The van der Waals surface area contributed by atoms with Crippen LogP contribution in [0.25, 0.3) is 5.52 Å². The molecule has 1 aromatic carbocycles. The van der Waals surface area contributed by atoms with Crippen molar-refractivity contribution in [3.05, 3.63) is 59.5 Å². The summed E-state index contributed by atoms with van der Waals surface area (Å²) < 4.78 is 2.02. The Morgan fingerprint density at radius 3 is 2.13 bits per heavy atom. The standard InChI is InChI=1S/C32H49N5O/c1-27-29-23-24-31(34-26-18-11-7-5-3-2-4-6-10-17-25-33)36-37(29)32(35-27)22-16-9-8-15-21-30(38)28-19-13-12-14-20-28/h12-14,19-20,23-24H,2-11,15-18,21-22,25-26,33H2,1H3,(H,34,36). The van der Waals surface area contributed by atoms with Crippen LogP contribution < -0.4 is 11.1 Å². The molecule has 0 saturated carbocycles. The van der Waals surface area contributed by atoms with Gasteiger partial charge in [-0.3, -0.25) is 4.79 Å². The Balaban J connectivity index is 1.30. The zero-order valence-electron chi connectivity index (χ0n) is 23.6. The molecule has 0 aliphatic carbocycles. The van der Waals surface area contributed by atoms with E-state index in [1.807, 2.05) is 34.8 Å². The number of aryl methyl sites for hydroxylation is 2. The zero-order valence-corrected chi connectivity index (χ0v) is 23.6. The SMILES string of the molecule is Cc1nc(CCCCCCC(=O)c2ccccc2)n2nc(NCCCCCCCCCCCCN)ccc12. The van der Waals surface area contributed by atoms with Gasteiger partial charge in [0.25, 0.3) is 0 Å². The number of imidazole rings is 1. The number of hydrogen-bond acceptors (Lipinski definition) is 5. The second kappa shape index (κ2) is 17.7. The highest BCUT2D eigenvalue weighted by atomic mass is 16.1. The molecule has 0 saturated heterocycles. The summed E-state index contributed by atoms with van der Waals surface area (Å²) >= 11 is 0. The smallest absolute Gasteiger partial charge is 0.162 e. The van der Waals surface area contributed by atoms with Crippen molar-refractivity contribution in [3.8, 4) is 0 Å². The third kappa shape index (κ3) is 10.6. The number of hydrogen-bond donors (Lipinski definition) is 2. The number of nitrogens with zero attached hydrogens (tertiary/aromatic N) is 3. The Bertz CT molecular complexity index is 1060. The molecular weight excluding hydrogens is 470 g/mol. The highest BCUT2D eigenvalue weighted by molar-refractivity contribution is 5.95. The number of carbonyl (C=O) groups excluding carboxylic acids is 1. The first-order chi connectivity index (χ1) is 18.7. The van der Waals surface area contributed by atoms with Crippen molar-refractivity contribution in [2.45, 2.75) is 110 Å². The molecule has 0 aliphatic heterocycles. The van der Waals surface area contributed by atoms with Crippen LogP contribution in [-0.2, 0) is 6.42 Å². The predicted octanol–water partition coefficient (Wildman–Crippen LogP) is 7.69. The summed E-state index contributed by atoms with van der Waals surface area (Å²) in [6, 6.07) is 13.8. The van der Waals surface area contributed by atoms with Gasteiger partial charge in [0.1, 0.15) is 11.6 Å². The largest absolute Gasteiger partial charge is 0.369 e. The number of unbranched alkanes of at least 4 members (excludes halogenated alkanes) is 12. The Hall–Kier alpha value is -2.73. The highest BCUT2D eigenvalue weighted by Crippen LogP contribution is 2.17. The summed E-state index contributed by atoms with van der Waals surface area (Å²) in [5.74, 6) is 2.20. The number of aromatic nitrogens is 3. The molecule has 3 N–H and O–H groups in total. The lowest BCUT2D eigenvalue weighted by Gasteiger charge is -2.07. The van der Waals surface area contributed by atoms with Gasteiger partial charge in [-0.2, -0.15) is 0 Å². The van der Waals surface area contributed by atoms with Crippen LogP contribution in [0.4, 0.5) is 5.82 Å². The normalized spacial score (nSPS) is 11.3. The number of carbonyl (C=O) groups is 1. The van der Waals surface area contributed by atoms with Crippen LogP contribution >= 0.6 is 0 Å². The molecule has 6 nitrogen and oxygen atoms in total. The number of nitrogens with two attached hydrogens (primary N) is 1. The lowest BCUT2D eigenvalue weighted by molar-refractivity contribution is 0.0979. The Morgan fingerprint density at radius 2 is 1.42 bits per heavy atom. The molecule has 3 rings (SSSR count). The molecule has 208 valence electrons. The molecule has 0 fully saturated rings. The lowest BCUT2D eigenvalue weighted by atomic mass is 10.0. The maximum atomic E-state index is 12.3. The second-order valence-electron chi connectivity index (χ2n) is 10.6. The fraction of sp³-hybridized carbons (Fsp3) is 0.594. The Labute approximate surface area is 229 Å². The summed E-state index contributed by atoms with van der Waals surface area (Å²) in [5, 5.41) is 8.36.